The molecule has 0 aliphatic carbocycles. The Hall–Kier alpha value is -3.04. The van der Waals surface area contributed by atoms with Crippen LogP contribution in [0.4, 0.5) is 0 Å². The molecule has 154 valence electrons. The van der Waals surface area contributed by atoms with Gasteiger partial charge in [-0.05, 0) is 43.7 Å². The van der Waals surface area contributed by atoms with Gasteiger partial charge in [0, 0.05) is 22.0 Å². The summed E-state index contributed by atoms with van der Waals surface area (Å²) < 4.78 is 12.1. The molecule has 0 N–H and O–H groups in total. The molecule has 3 heterocycles. The standard InChI is InChI=1S/C20H17ClN4O4S/c1-11-12(2)30-19-17(11)20(27)25(10-22-19)8-7-16(26)28-9-15-23-24-18(29-15)13-3-5-14(21)6-4-13/h3-6,10H,7-9H2,1-2H3. The highest BCUT2D eigenvalue weighted by Gasteiger charge is 2.14. The molecule has 0 radical (unpaired) electrons. The number of aryl methyl sites for hydroxylation is 3. The van der Waals surface area contributed by atoms with E-state index in [1.165, 1.54) is 22.2 Å². The van der Waals surface area contributed by atoms with Gasteiger partial charge in [-0.15, -0.1) is 21.5 Å². The summed E-state index contributed by atoms with van der Waals surface area (Å²) in [6, 6.07) is 6.94. The SMILES string of the molecule is Cc1sc2ncn(CCC(=O)OCc3nnc(-c4ccc(Cl)cc4)o3)c(=O)c2c1C. The monoisotopic (exact) mass is 444 g/mol. The van der Waals surface area contributed by atoms with Gasteiger partial charge < -0.3 is 9.15 Å². The Kier molecular flexibility index (Phi) is 5.65. The van der Waals surface area contributed by atoms with E-state index in [1.807, 2.05) is 13.8 Å². The Bertz CT molecular complexity index is 1280. The van der Waals surface area contributed by atoms with Gasteiger partial charge in [0.05, 0.1) is 18.1 Å². The molecular formula is C20H17ClN4O4S. The summed E-state index contributed by atoms with van der Waals surface area (Å²) >= 11 is 7.35. The summed E-state index contributed by atoms with van der Waals surface area (Å²) in [5, 5.41) is 9.02. The number of carbonyl (C=O) groups excluding carboxylic acids is 1. The molecule has 0 unspecified atom stereocenters. The van der Waals surface area contributed by atoms with Crippen LogP contribution >= 0.6 is 22.9 Å². The van der Waals surface area contributed by atoms with Crippen LogP contribution in [0.25, 0.3) is 21.7 Å². The molecule has 0 aliphatic rings. The van der Waals surface area contributed by atoms with E-state index >= 15 is 0 Å². The minimum absolute atomic E-state index is 0.0213. The smallest absolute Gasteiger partial charge is 0.308 e. The summed E-state index contributed by atoms with van der Waals surface area (Å²) in [7, 11) is 0. The maximum Gasteiger partial charge on any atom is 0.308 e. The van der Waals surface area contributed by atoms with E-state index in [1.54, 1.807) is 24.3 Å². The van der Waals surface area contributed by atoms with Crippen LogP contribution in [0, 0.1) is 13.8 Å². The second-order valence-corrected chi connectivity index (χ2v) is 8.26. The van der Waals surface area contributed by atoms with Crippen molar-refractivity contribution in [2.45, 2.75) is 33.4 Å². The number of thiophene rings is 1. The van der Waals surface area contributed by atoms with Crippen molar-refractivity contribution in [3.63, 3.8) is 0 Å². The number of hydrogen-bond donors (Lipinski definition) is 0. The first-order valence-electron chi connectivity index (χ1n) is 9.11. The van der Waals surface area contributed by atoms with Crippen molar-refractivity contribution in [1.29, 1.82) is 0 Å². The van der Waals surface area contributed by atoms with Gasteiger partial charge in [-0.1, -0.05) is 11.6 Å². The molecule has 0 saturated carbocycles. The molecule has 0 amide bonds. The van der Waals surface area contributed by atoms with Gasteiger partial charge in [0.1, 0.15) is 4.83 Å². The third-order valence-corrected chi connectivity index (χ3v) is 5.99. The Morgan fingerprint density at radius 3 is 2.77 bits per heavy atom. The molecule has 8 nitrogen and oxygen atoms in total. The number of esters is 1. The fourth-order valence-corrected chi connectivity index (χ4v) is 3.99. The number of hydrogen-bond acceptors (Lipinski definition) is 8. The van der Waals surface area contributed by atoms with Gasteiger partial charge >= 0.3 is 5.97 Å². The van der Waals surface area contributed by atoms with Gasteiger partial charge in [-0.3, -0.25) is 14.2 Å². The summed E-state index contributed by atoms with van der Waals surface area (Å²) in [4.78, 5) is 30.8. The zero-order valence-corrected chi connectivity index (χ0v) is 17.8. The van der Waals surface area contributed by atoms with Crippen LogP contribution in [0.5, 0.6) is 0 Å². The van der Waals surface area contributed by atoms with Crippen molar-refractivity contribution in [1.82, 2.24) is 19.7 Å². The number of ether oxygens (including phenoxy) is 1. The van der Waals surface area contributed by atoms with Crippen molar-refractivity contribution in [3.8, 4) is 11.5 Å². The van der Waals surface area contributed by atoms with Crippen LogP contribution in [-0.2, 0) is 22.7 Å². The van der Waals surface area contributed by atoms with Crippen molar-refractivity contribution in [3.05, 3.63) is 62.3 Å². The van der Waals surface area contributed by atoms with Crippen LogP contribution in [0.15, 0.2) is 39.8 Å². The highest BCUT2D eigenvalue weighted by atomic mass is 35.5. The van der Waals surface area contributed by atoms with Crippen LogP contribution in [0.2, 0.25) is 5.02 Å². The molecule has 4 aromatic rings. The highest BCUT2D eigenvalue weighted by molar-refractivity contribution is 7.18. The first kappa shape index (κ1) is 20.2. The molecule has 0 aliphatic heterocycles. The zero-order valence-electron chi connectivity index (χ0n) is 16.2. The maximum absolute atomic E-state index is 12.6. The average Bonchev–Trinajstić information content (AvgIpc) is 3.31. The lowest BCUT2D eigenvalue weighted by Crippen LogP contribution is -2.22. The molecule has 0 atom stereocenters. The summed E-state index contributed by atoms with van der Waals surface area (Å²) in [5.74, 6) is 0.00876. The van der Waals surface area contributed by atoms with E-state index in [-0.39, 0.29) is 31.0 Å². The number of benzene rings is 1. The zero-order chi connectivity index (χ0) is 21.3. The number of fused-ring (bicyclic) bond motifs is 1. The summed E-state index contributed by atoms with van der Waals surface area (Å²) in [6.45, 7) is 3.89. The third-order valence-electron chi connectivity index (χ3n) is 4.63. The predicted molar refractivity (Wildman–Crippen MR) is 113 cm³/mol. The van der Waals surface area contributed by atoms with Gasteiger partial charge in [-0.2, -0.15) is 0 Å². The van der Waals surface area contributed by atoms with E-state index in [9.17, 15) is 9.59 Å². The first-order valence-corrected chi connectivity index (χ1v) is 10.3. The Morgan fingerprint density at radius 1 is 1.23 bits per heavy atom. The molecular weight excluding hydrogens is 428 g/mol. The van der Waals surface area contributed by atoms with Crippen LogP contribution in [-0.4, -0.2) is 25.7 Å². The minimum atomic E-state index is -0.480. The number of halogens is 1. The molecule has 0 spiro atoms. The number of carbonyl (C=O) groups is 1. The first-order chi connectivity index (χ1) is 14.4. The van der Waals surface area contributed by atoms with E-state index in [0.29, 0.717) is 26.7 Å². The fraction of sp³-hybridized carbons (Fsp3) is 0.250. The van der Waals surface area contributed by atoms with E-state index in [4.69, 9.17) is 20.8 Å². The second kappa shape index (κ2) is 8.37. The largest absolute Gasteiger partial charge is 0.456 e. The maximum atomic E-state index is 12.6. The molecule has 1 aromatic carbocycles. The van der Waals surface area contributed by atoms with Crippen LogP contribution < -0.4 is 5.56 Å². The fourth-order valence-electron chi connectivity index (χ4n) is 2.88. The predicted octanol–water partition coefficient (Wildman–Crippen LogP) is 3.91. The number of rotatable bonds is 6. The van der Waals surface area contributed by atoms with E-state index in [2.05, 4.69) is 15.2 Å². The second-order valence-electron chi connectivity index (χ2n) is 6.63. The molecule has 0 saturated heterocycles. The van der Waals surface area contributed by atoms with Crippen molar-refractivity contribution in [2.75, 3.05) is 0 Å². The molecule has 30 heavy (non-hydrogen) atoms. The number of aromatic nitrogens is 4. The van der Waals surface area contributed by atoms with Gasteiger partial charge in [0.15, 0.2) is 6.61 Å². The normalized spacial score (nSPS) is 11.2. The number of nitrogens with zero attached hydrogens (tertiary/aromatic N) is 4. The molecule has 3 aromatic heterocycles. The topological polar surface area (TPSA) is 100 Å². The quantitative estimate of drug-likeness (QED) is 0.415. The van der Waals surface area contributed by atoms with Gasteiger partial charge in [0.25, 0.3) is 11.4 Å². The van der Waals surface area contributed by atoms with Gasteiger partial charge in [0.2, 0.25) is 5.89 Å². The highest BCUT2D eigenvalue weighted by Crippen LogP contribution is 2.25. The van der Waals surface area contributed by atoms with Crippen LogP contribution in [0.1, 0.15) is 22.8 Å². The Morgan fingerprint density at radius 2 is 2.00 bits per heavy atom. The summed E-state index contributed by atoms with van der Waals surface area (Å²) in [6.07, 6.45) is 1.48. The van der Waals surface area contributed by atoms with Crippen molar-refractivity contribution >= 4 is 39.1 Å². The molecule has 0 fully saturated rings. The third kappa shape index (κ3) is 4.12. The molecule has 4 rings (SSSR count). The lowest BCUT2D eigenvalue weighted by Gasteiger charge is -2.05. The lowest BCUT2D eigenvalue weighted by atomic mass is 10.2. The Labute approximate surface area is 180 Å². The van der Waals surface area contributed by atoms with Crippen molar-refractivity contribution < 1.29 is 13.9 Å². The molecule has 0 bridgehead atoms. The van der Waals surface area contributed by atoms with E-state index in [0.717, 1.165) is 10.4 Å². The molecule has 10 heteroatoms. The lowest BCUT2D eigenvalue weighted by molar-refractivity contribution is -0.145. The average molecular weight is 445 g/mol. The van der Waals surface area contributed by atoms with Crippen molar-refractivity contribution in [2.24, 2.45) is 0 Å². The van der Waals surface area contributed by atoms with E-state index < -0.39 is 5.97 Å². The summed E-state index contributed by atoms with van der Waals surface area (Å²) in [5.41, 5.74) is 1.49. The minimum Gasteiger partial charge on any atom is -0.456 e. The van der Waals surface area contributed by atoms with Crippen LogP contribution in [0.3, 0.4) is 0 Å². The van der Waals surface area contributed by atoms with Gasteiger partial charge in [-0.25, -0.2) is 4.98 Å². The Balaban J connectivity index is 1.35.